The summed E-state index contributed by atoms with van der Waals surface area (Å²) in [4.78, 5) is 41.7. The van der Waals surface area contributed by atoms with E-state index in [1.54, 1.807) is 0 Å². The van der Waals surface area contributed by atoms with Gasteiger partial charge in [-0.25, -0.2) is 4.79 Å². The number of hydrogen-bond acceptors (Lipinski definition) is 3. The number of nitrogens with one attached hydrogen (secondary N) is 1. The third kappa shape index (κ3) is 4.04. The van der Waals surface area contributed by atoms with Gasteiger partial charge in [-0.05, 0) is 43.5 Å². The molecule has 1 atom stereocenters. The highest BCUT2D eigenvalue weighted by molar-refractivity contribution is 6.13. The molecular formula is C31H29N3O3. The zero-order chi connectivity index (χ0) is 26.2. The van der Waals surface area contributed by atoms with Gasteiger partial charge in [0.1, 0.15) is 0 Å². The molecule has 4 aromatic rings. The lowest BCUT2D eigenvalue weighted by Gasteiger charge is -2.28. The second kappa shape index (κ2) is 9.54. The van der Waals surface area contributed by atoms with Crippen LogP contribution in [0.3, 0.4) is 0 Å². The first-order valence-corrected chi connectivity index (χ1v) is 12.4. The van der Waals surface area contributed by atoms with Crippen molar-refractivity contribution >= 4 is 17.7 Å². The van der Waals surface area contributed by atoms with Crippen molar-refractivity contribution in [3.8, 4) is 0 Å². The Morgan fingerprint density at radius 2 is 1.35 bits per heavy atom. The second-order valence-corrected chi connectivity index (χ2v) is 9.47. The van der Waals surface area contributed by atoms with Crippen LogP contribution in [0.4, 0.5) is 4.79 Å². The van der Waals surface area contributed by atoms with Gasteiger partial charge in [0.15, 0.2) is 11.3 Å². The van der Waals surface area contributed by atoms with Gasteiger partial charge in [-0.3, -0.25) is 14.5 Å². The first kappa shape index (κ1) is 24.3. The summed E-state index contributed by atoms with van der Waals surface area (Å²) in [6.45, 7) is 5.63. The molecule has 0 bridgehead atoms. The molecule has 3 amide bonds. The Hall–Kier alpha value is -4.45. The predicted octanol–water partition coefficient (Wildman–Crippen LogP) is 5.39. The molecule has 1 saturated heterocycles. The molecule has 1 aromatic heterocycles. The molecule has 1 N–H and O–H groups in total. The van der Waals surface area contributed by atoms with Gasteiger partial charge in [0, 0.05) is 17.0 Å². The summed E-state index contributed by atoms with van der Waals surface area (Å²) in [6.07, 6.45) is 0. The van der Waals surface area contributed by atoms with E-state index in [2.05, 4.69) is 28.9 Å². The number of benzene rings is 3. The van der Waals surface area contributed by atoms with Crippen molar-refractivity contribution in [2.45, 2.75) is 32.4 Å². The Morgan fingerprint density at radius 1 is 0.838 bits per heavy atom. The largest absolute Gasteiger partial charge is 0.341 e. The highest BCUT2D eigenvalue weighted by Crippen LogP contribution is 2.36. The maximum absolute atomic E-state index is 13.9. The van der Waals surface area contributed by atoms with Crippen LogP contribution in [0.1, 0.15) is 51.4 Å². The molecule has 0 spiro atoms. The summed E-state index contributed by atoms with van der Waals surface area (Å²) >= 11 is 0. The van der Waals surface area contributed by atoms with E-state index in [4.69, 9.17) is 0 Å². The van der Waals surface area contributed by atoms with Crippen LogP contribution < -0.4 is 5.32 Å². The van der Waals surface area contributed by atoms with E-state index in [0.717, 1.165) is 21.9 Å². The fraction of sp³-hybridized carbons (Fsp3) is 0.194. The van der Waals surface area contributed by atoms with Gasteiger partial charge < -0.3 is 9.88 Å². The predicted molar refractivity (Wildman–Crippen MR) is 142 cm³/mol. The van der Waals surface area contributed by atoms with Crippen LogP contribution in [0, 0.1) is 13.8 Å². The smallest absolute Gasteiger partial charge is 0.325 e. The van der Waals surface area contributed by atoms with Crippen molar-refractivity contribution < 1.29 is 14.4 Å². The Balaban J connectivity index is 1.47. The number of Topliss-reactive ketones (excluding diaryl/α,β-unsaturated/α-hetero) is 1. The van der Waals surface area contributed by atoms with E-state index in [0.29, 0.717) is 16.7 Å². The average molecular weight is 492 g/mol. The Labute approximate surface area is 216 Å². The van der Waals surface area contributed by atoms with Gasteiger partial charge in [-0.1, -0.05) is 91.0 Å². The minimum absolute atomic E-state index is 0.0308. The maximum atomic E-state index is 13.9. The summed E-state index contributed by atoms with van der Waals surface area (Å²) in [6, 6.07) is 29.7. The molecule has 6 nitrogen and oxygen atoms in total. The molecule has 1 unspecified atom stereocenters. The van der Waals surface area contributed by atoms with Gasteiger partial charge in [0.2, 0.25) is 0 Å². The van der Waals surface area contributed by atoms with Crippen LogP contribution in [0.2, 0.25) is 0 Å². The van der Waals surface area contributed by atoms with Gasteiger partial charge in [-0.2, -0.15) is 0 Å². The number of urea groups is 1. The number of carbonyl (C=O) groups is 3. The maximum Gasteiger partial charge on any atom is 0.325 e. The third-order valence-corrected chi connectivity index (χ3v) is 7.27. The SMILES string of the molecule is Cc1cc(C(=O)CN2C(=O)NC(c3ccccc3)(c3ccccc3)C2=O)c(C)n1C(C)c1ccccc1. The summed E-state index contributed by atoms with van der Waals surface area (Å²) < 4.78 is 2.12. The molecule has 0 saturated carbocycles. The number of ketones is 1. The number of rotatable bonds is 7. The Morgan fingerprint density at radius 3 is 1.89 bits per heavy atom. The lowest BCUT2D eigenvalue weighted by Crippen LogP contribution is -2.45. The van der Waals surface area contributed by atoms with Crippen LogP contribution >= 0.6 is 0 Å². The molecule has 6 heteroatoms. The van der Waals surface area contributed by atoms with Gasteiger partial charge in [-0.15, -0.1) is 0 Å². The van der Waals surface area contributed by atoms with Crippen molar-refractivity contribution in [2.75, 3.05) is 6.54 Å². The molecule has 1 fully saturated rings. The zero-order valence-corrected chi connectivity index (χ0v) is 21.1. The number of hydrogen-bond donors (Lipinski definition) is 1. The van der Waals surface area contributed by atoms with Crippen LogP contribution in [0.15, 0.2) is 97.1 Å². The topological polar surface area (TPSA) is 71.4 Å². The highest BCUT2D eigenvalue weighted by Gasteiger charge is 2.54. The number of aryl methyl sites for hydroxylation is 1. The molecule has 186 valence electrons. The lowest BCUT2D eigenvalue weighted by molar-refractivity contribution is -0.129. The lowest BCUT2D eigenvalue weighted by atomic mass is 9.82. The number of aromatic nitrogens is 1. The number of carbonyl (C=O) groups excluding carboxylic acids is 3. The van der Waals surface area contributed by atoms with Crippen molar-refractivity contribution in [2.24, 2.45) is 0 Å². The molecule has 0 aliphatic carbocycles. The monoisotopic (exact) mass is 491 g/mol. The van der Waals surface area contributed by atoms with Crippen molar-refractivity contribution in [1.82, 2.24) is 14.8 Å². The number of imide groups is 1. The molecule has 2 heterocycles. The van der Waals surface area contributed by atoms with Crippen LogP contribution in [-0.4, -0.2) is 33.7 Å². The number of amides is 3. The molecule has 1 aliphatic heterocycles. The molecule has 5 rings (SSSR count). The van der Waals surface area contributed by atoms with E-state index in [9.17, 15) is 14.4 Å². The third-order valence-electron chi connectivity index (χ3n) is 7.27. The van der Waals surface area contributed by atoms with Gasteiger partial charge in [0.25, 0.3) is 5.91 Å². The second-order valence-electron chi connectivity index (χ2n) is 9.47. The zero-order valence-electron chi connectivity index (χ0n) is 21.1. The van der Waals surface area contributed by atoms with E-state index >= 15 is 0 Å². The Bertz CT molecular complexity index is 1420. The van der Waals surface area contributed by atoms with E-state index in [-0.39, 0.29) is 18.4 Å². The molecule has 0 radical (unpaired) electrons. The normalized spacial score (nSPS) is 15.5. The summed E-state index contributed by atoms with van der Waals surface area (Å²) in [5.74, 6) is -0.741. The minimum atomic E-state index is -1.39. The minimum Gasteiger partial charge on any atom is -0.341 e. The van der Waals surface area contributed by atoms with Crippen molar-refractivity contribution in [3.63, 3.8) is 0 Å². The van der Waals surface area contributed by atoms with E-state index in [1.165, 1.54) is 0 Å². The highest BCUT2D eigenvalue weighted by atomic mass is 16.2. The standard InChI is InChI=1S/C31H29N3O3/c1-21-19-27(23(3)34(21)22(2)24-13-7-4-8-14-24)28(35)20-33-29(36)31(32-30(33)37,25-15-9-5-10-16-25)26-17-11-6-12-18-26/h4-19,22H,20H2,1-3H3,(H,32,37). The molecule has 37 heavy (non-hydrogen) atoms. The van der Waals surface area contributed by atoms with E-state index in [1.807, 2.05) is 98.8 Å². The Kier molecular flexibility index (Phi) is 6.25. The van der Waals surface area contributed by atoms with Crippen LogP contribution in [0.5, 0.6) is 0 Å². The summed E-state index contributed by atoms with van der Waals surface area (Å²) in [5.41, 5.74) is 3.29. The molecule has 3 aromatic carbocycles. The van der Waals surface area contributed by atoms with Crippen LogP contribution in [-0.2, 0) is 10.3 Å². The fourth-order valence-corrected chi connectivity index (χ4v) is 5.42. The first-order chi connectivity index (χ1) is 17.8. The van der Waals surface area contributed by atoms with E-state index < -0.39 is 17.5 Å². The first-order valence-electron chi connectivity index (χ1n) is 12.4. The van der Waals surface area contributed by atoms with Crippen LogP contribution in [0.25, 0.3) is 0 Å². The van der Waals surface area contributed by atoms with Crippen molar-refractivity contribution in [3.05, 3.63) is 131 Å². The fourth-order valence-electron chi connectivity index (χ4n) is 5.42. The van der Waals surface area contributed by atoms with Gasteiger partial charge >= 0.3 is 6.03 Å². The molecular weight excluding hydrogens is 462 g/mol. The average Bonchev–Trinajstić information content (AvgIpc) is 3.37. The van der Waals surface area contributed by atoms with Gasteiger partial charge in [0.05, 0.1) is 12.6 Å². The summed E-state index contributed by atoms with van der Waals surface area (Å²) in [7, 11) is 0. The summed E-state index contributed by atoms with van der Waals surface area (Å²) in [5, 5.41) is 2.91. The number of nitrogens with zero attached hydrogens (tertiary/aromatic N) is 2. The molecule has 1 aliphatic rings. The van der Waals surface area contributed by atoms with Crippen molar-refractivity contribution in [1.29, 1.82) is 0 Å². The quantitative estimate of drug-likeness (QED) is 0.278.